The number of benzene rings is 2. The zero-order valence-corrected chi connectivity index (χ0v) is 20.7. The Morgan fingerprint density at radius 2 is 1.88 bits per heavy atom. The van der Waals surface area contributed by atoms with E-state index in [9.17, 15) is 9.59 Å². The van der Waals surface area contributed by atoms with E-state index < -0.39 is 0 Å². The van der Waals surface area contributed by atoms with E-state index in [2.05, 4.69) is 5.32 Å². The molecule has 2 aromatic carbocycles. The molecule has 34 heavy (non-hydrogen) atoms. The average Bonchev–Trinajstić information content (AvgIpc) is 3.53. The van der Waals surface area contributed by atoms with Crippen LogP contribution in [0.15, 0.2) is 70.0 Å². The first-order chi connectivity index (χ1) is 16.5. The predicted octanol–water partition coefficient (Wildman–Crippen LogP) is 5.19. The van der Waals surface area contributed by atoms with Crippen LogP contribution in [0.3, 0.4) is 0 Å². The van der Waals surface area contributed by atoms with Gasteiger partial charge in [0.2, 0.25) is 5.91 Å². The van der Waals surface area contributed by atoms with Gasteiger partial charge in [0.25, 0.3) is 5.91 Å². The maximum Gasteiger partial charge on any atom is 0.253 e. The minimum Gasteiger partial charge on any atom is -0.493 e. The molecule has 1 aromatic heterocycles. The highest BCUT2D eigenvalue weighted by atomic mass is 32.2. The molecule has 0 radical (unpaired) electrons. The molecule has 0 saturated carbocycles. The summed E-state index contributed by atoms with van der Waals surface area (Å²) in [5, 5.41) is 11.1. The van der Waals surface area contributed by atoms with Gasteiger partial charge in [-0.1, -0.05) is 12.1 Å². The number of thioether (sulfide) groups is 1. The van der Waals surface area contributed by atoms with E-state index in [-0.39, 0.29) is 23.6 Å². The third-order valence-electron chi connectivity index (χ3n) is 5.30. The van der Waals surface area contributed by atoms with Gasteiger partial charge in [0.1, 0.15) is 0 Å². The fourth-order valence-electron chi connectivity index (χ4n) is 3.70. The number of carbonyl (C=O) groups is 2. The molecule has 0 bridgehead atoms. The topological polar surface area (TPSA) is 80.2 Å². The molecule has 1 N–H and O–H groups in total. The molecule has 2 amide bonds. The minimum absolute atomic E-state index is 0.0812. The Hall–Kier alpha value is -3.30. The SMILES string of the molecule is COc1ccc([C@@H]2CC(c3cccs3)=NN2C(=O)CSc2ccc(NC(C)=O)cc2)cc1OC. The largest absolute Gasteiger partial charge is 0.493 e. The summed E-state index contributed by atoms with van der Waals surface area (Å²) in [6.07, 6.45) is 0.623. The van der Waals surface area contributed by atoms with Crippen LogP contribution in [-0.4, -0.2) is 42.5 Å². The van der Waals surface area contributed by atoms with Crippen molar-refractivity contribution in [2.75, 3.05) is 25.3 Å². The van der Waals surface area contributed by atoms with Crippen LogP contribution < -0.4 is 14.8 Å². The third kappa shape index (κ3) is 5.43. The van der Waals surface area contributed by atoms with E-state index in [0.717, 1.165) is 26.7 Å². The van der Waals surface area contributed by atoms with Gasteiger partial charge in [-0.25, -0.2) is 5.01 Å². The summed E-state index contributed by atoms with van der Waals surface area (Å²) in [5.74, 6) is 1.29. The second-order valence-electron chi connectivity index (χ2n) is 7.59. The van der Waals surface area contributed by atoms with Crippen LogP contribution in [-0.2, 0) is 9.59 Å². The van der Waals surface area contributed by atoms with Crippen LogP contribution in [0.1, 0.15) is 29.8 Å². The number of nitrogens with zero attached hydrogens (tertiary/aromatic N) is 2. The van der Waals surface area contributed by atoms with E-state index in [1.54, 1.807) is 30.6 Å². The maximum atomic E-state index is 13.3. The molecular weight excluding hydrogens is 470 g/mol. The number of carbonyl (C=O) groups excluding carboxylic acids is 2. The summed E-state index contributed by atoms with van der Waals surface area (Å²) in [6, 6.07) is 16.9. The van der Waals surface area contributed by atoms with Crippen molar-refractivity contribution >= 4 is 46.3 Å². The second-order valence-corrected chi connectivity index (χ2v) is 9.59. The van der Waals surface area contributed by atoms with Crippen LogP contribution in [0.5, 0.6) is 11.5 Å². The Morgan fingerprint density at radius 3 is 2.53 bits per heavy atom. The number of rotatable bonds is 8. The lowest BCUT2D eigenvalue weighted by molar-refractivity contribution is -0.130. The molecule has 7 nitrogen and oxygen atoms in total. The Labute approximate surface area is 206 Å². The summed E-state index contributed by atoms with van der Waals surface area (Å²) in [4.78, 5) is 26.5. The van der Waals surface area contributed by atoms with E-state index in [1.165, 1.54) is 18.7 Å². The quantitative estimate of drug-likeness (QED) is 0.435. The molecule has 2 heterocycles. The van der Waals surface area contributed by atoms with Gasteiger partial charge in [0, 0.05) is 23.9 Å². The van der Waals surface area contributed by atoms with Gasteiger partial charge >= 0.3 is 0 Å². The van der Waals surface area contributed by atoms with Crippen molar-refractivity contribution in [1.29, 1.82) is 0 Å². The van der Waals surface area contributed by atoms with Gasteiger partial charge in [0.15, 0.2) is 11.5 Å². The molecule has 9 heteroatoms. The fraction of sp³-hybridized carbons (Fsp3) is 0.240. The standard InChI is InChI=1S/C25H25N3O4S2/c1-16(29)26-18-7-9-19(10-8-18)34-15-25(30)28-21(14-20(27-28)24-5-4-12-33-24)17-6-11-22(31-2)23(13-17)32-3/h4-13,21H,14-15H2,1-3H3,(H,26,29)/t21-/m0/s1. The zero-order valence-electron chi connectivity index (χ0n) is 19.1. The van der Waals surface area contributed by atoms with Crippen LogP contribution >= 0.6 is 23.1 Å². The van der Waals surface area contributed by atoms with Crippen LogP contribution in [0.25, 0.3) is 0 Å². The van der Waals surface area contributed by atoms with Crippen molar-refractivity contribution in [1.82, 2.24) is 5.01 Å². The number of hydrogen-bond donors (Lipinski definition) is 1. The molecule has 4 rings (SSSR count). The predicted molar refractivity (Wildman–Crippen MR) is 136 cm³/mol. The van der Waals surface area contributed by atoms with E-state index in [4.69, 9.17) is 14.6 Å². The Morgan fingerprint density at radius 1 is 1.12 bits per heavy atom. The Balaban J connectivity index is 1.53. The van der Waals surface area contributed by atoms with Crippen molar-refractivity contribution in [3.63, 3.8) is 0 Å². The molecule has 1 aliphatic rings. The van der Waals surface area contributed by atoms with Gasteiger partial charge in [-0.05, 0) is 53.4 Å². The van der Waals surface area contributed by atoms with Crippen LogP contribution in [0, 0.1) is 0 Å². The number of amides is 2. The summed E-state index contributed by atoms with van der Waals surface area (Å²) >= 11 is 3.05. The molecule has 0 aliphatic carbocycles. The van der Waals surface area contributed by atoms with Crippen molar-refractivity contribution in [3.05, 3.63) is 70.4 Å². The molecule has 0 saturated heterocycles. The number of anilines is 1. The first-order valence-electron chi connectivity index (χ1n) is 10.6. The Kier molecular flexibility index (Phi) is 7.54. The summed E-state index contributed by atoms with van der Waals surface area (Å²) in [7, 11) is 3.20. The van der Waals surface area contributed by atoms with E-state index in [0.29, 0.717) is 17.9 Å². The highest BCUT2D eigenvalue weighted by Crippen LogP contribution is 2.38. The van der Waals surface area contributed by atoms with Gasteiger partial charge in [-0.2, -0.15) is 5.10 Å². The number of thiophene rings is 1. The molecule has 0 unspecified atom stereocenters. The lowest BCUT2D eigenvalue weighted by Gasteiger charge is -2.23. The lowest BCUT2D eigenvalue weighted by Crippen LogP contribution is -2.28. The highest BCUT2D eigenvalue weighted by Gasteiger charge is 2.33. The normalized spacial score (nSPS) is 15.1. The number of nitrogens with one attached hydrogen (secondary N) is 1. The first kappa shape index (κ1) is 23.8. The minimum atomic E-state index is -0.229. The molecule has 3 aromatic rings. The number of hydrogen-bond acceptors (Lipinski definition) is 7. The Bertz CT molecular complexity index is 1190. The monoisotopic (exact) mass is 495 g/mol. The van der Waals surface area contributed by atoms with E-state index >= 15 is 0 Å². The van der Waals surface area contributed by atoms with Crippen LogP contribution in [0.2, 0.25) is 0 Å². The van der Waals surface area contributed by atoms with E-state index in [1.807, 2.05) is 60.0 Å². The zero-order chi connectivity index (χ0) is 24.1. The summed E-state index contributed by atoms with van der Waals surface area (Å²) in [6.45, 7) is 1.47. The molecule has 176 valence electrons. The van der Waals surface area contributed by atoms with Gasteiger partial charge in [-0.3, -0.25) is 9.59 Å². The molecule has 1 aliphatic heterocycles. The molecule has 0 spiro atoms. The number of ether oxygens (including phenoxy) is 2. The summed E-state index contributed by atoms with van der Waals surface area (Å²) in [5.41, 5.74) is 2.56. The molecular formula is C25H25N3O4S2. The molecule has 1 atom stereocenters. The van der Waals surface area contributed by atoms with Crippen molar-refractivity contribution in [3.8, 4) is 11.5 Å². The highest BCUT2D eigenvalue weighted by molar-refractivity contribution is 8.00. The third-order valence-corrected chi connectivity index (χ3v) is 7.22. The first-order valence-corrected chi connectivity index (χ1v) is 12.5. The number of methoxy groups -OCH3 is 2. The van der Waals surface area contributed by atoms with Crippen molar-refractivity contribution in [2.45, 2.75) is 24.3 Å². The van der Waals surface area contributed by atoms with Gasteiger partial charge in [-0.15, -0.1) is 23.1 Å². The number of hydrazone groups is 1. The van der Waals surface area contributed by atoms with Crippen molar-refractivity contribution < 1.29 is 19.1 Å². The summed E-state index contributed by atoms with van der Waals surface area (Å²) < 4.78 is 10.8. The lowest BCUT2D eigenvalue weighted by atomic mass is 10.0. The average molecular weight is 496 g/mol. The smallest absolute Gasteiger partial charge is 0.253 e. The molecule has 0 fully saturated rings. The second kappa shape index (κ2) is 10.8. The van der Waals surface area contributed by atoms with Gasteiger partial charge < -0.3 is 14.8 Å². The van der Waals surface area contributed by atoms with Crippen molar-refractivity contribution in [2.24, 2.45) is 5.10 Å². The van der Waals surface area contributed by atoms with Gasteiger partial charge in [0.05, 0.1) is 36.6 Å². The maximum absolute atomic E-state index is 13.3. The van der Waals surface area contributed by atoms with Crippen LogP contribution in [0.4, 0.5) is 5.69 Å². The fourth-order valence-corrected chi connectivity index (χ4v) is 5.17.